The van der Waals surface area contributed by atoms with E-state index >= 15 is 0 Å². The molecule has 3 aromatic rings. The second-order valence-corrected chi connectivity index (χ2v) is 10.8. The largest absolute Gasteiger partial charge is 0.371 e. The number of amides is 3. The van der Waals surface area contributed by atoms with Crippen molar-refractivity contribution in [1.82, 2.24) is 15.2 Å². The number of hydrogen-bond donors (Lipinski definition) is 2. The zero-order chi connectivity index (χ0) is 26.6. The lowest BCUT2D eigenvalue weighted by Crippen LogP contribution is -2.45. The number of urea groups is 1. The Morgan fingerprint density at radius 2 is 1.76 bits per heavy atom. The molecule has 2 N–H and O–H groups in total. The van der Waals surface area contributed by atoms with Crippen molar-refractivity contribution in [2.75, 3.05) is 30.4 Å². The molecule has 1 aliphatic carbocycles. The summed E-state index contributed by atoms with van der Waals surface area (Å²) in [5, 5.41) is 6.76. The monoisotopic (exact) mass is 551 g/mol. The van der Waals surface area contributed by atoms with Gasteiger partial charge in [0.2, 0.25) is 0 Å². The van der Waals surface area contributed by atoms with E-state index in [-0.39, 0.29) is 24.0 Å². The van der Waals surface area contributed by atoms with Gasteiger partial charge in [-0.3, -0.25) is 9.78 Å². The summed E-state index contributed by atoms with van der Waals surface area (Å²) in [5.41, 5.74) is 4.42. The molecule has 2 heterocycles. The van der Waals surface area contributed by atoms with E-state index in [9.17, 15) is 9.59 Å². The molecule has 38 heavy (non-hydrogen) atoms. The summed E-state index contributed by atoms with van der Waals surface area (Å²) in [7, 11) is 1.90. The Hall–Kier alpha value is -3.29. The molecule has 1 aliphatic heterocycles. The Balaban J connectivity index is 1.25. The Morgan fingerprint density at radius 1 is 1.00 bits per heavy atom. The molecule has 1 unspecified atom stereocenters. The Bertz CT molecular complexity index is 1310. The van der Waals surface area contributed by atoms with Crippen molar-refractivity contribution in [3.8, 4) is 0 Å². The first-order chi connectivity index (χ1) is 18.4. The van der Waals surface area contributed by atoms with Gasteiger partial charge < -0.3 is 20.4 Å². The van der Waals surface area contributed by atoms with Gasteiger partial charge in [-0.1, -0.05) is 29.3 Å². The van der Waals surface area contributed by atoms with E-state index in [4.69, 9.17) is 23.2 Å². The van der Waals surface area contributed by atoms with Crippen molar-refractivity contribution in [2.45, 2.75) is 44.2 Å². The number of fused-ring (bicyclic) bond motifs is 1. The molecule has 0 saturated carbocycles. The minimum absolute atomic E-state index is 0.00893. The van der Waals surface area contributed by atoms with Crippen molar-refractivity contribution in [1.29, 1.82) is 0 Å². The maximum absolute atomic E-state index is 13.5. The lowest BCUT2D eigenvalue weighted by Gasteiger charge is -2.38. The van der Waals surface area contributed by atoms with E-state index in [0.717, 1.165) is 56.3 Å². The third-order valence-electron chi connectivity index (χ3n) is 7.55. The number of anilines is 2. The highest BCUT2D eigenvalue weighted by atomic mass is 35.5. The fraction of sp³-hybridized carbons (Fsp3) is 0.345. The fourth-order valence-electron chi connectivity index (χ4n) is 5.43. The van der Waals surface area contributed by atoms with Gasteiger partial charge in [0.1, 0.15) is 0 Å². The van der Waals surface area contributed by atoms with Crippen molar-refractivity contribution in [3.63, 3.8) is 0 Å². The predicted octanol–water partition coefficient (Wildman–Crippen LogP) is 6.33. The van der Waals surface area contributed by atoms with Crippen molar-refractivity contribution in [3.05, 3.63) is 87.7 Å². The summed E-state index contributed by atoms with van der Waals surface area (Å²) in [4.78, 5) is 34.6. The van der Waals surface area contributed by atoms with Crippen LogP contribution >= 0.6 is 23.2 Å². The fourth-order valence-corrected chi connectivity index (χ4v) is 5.76. The van der Waals surface area contributed by atoms with E-state index in [1.807, 2.05) is 54.7 Å². The number of hydrogen-bond acceptors (Lipinski definition) is 4. The number of nitrogens with zero attached hydrogens (tertiary/aromatic N) is 3. The molecule has 0 radical (unpaired) electrons. The van der Waals surface area contributed by atoms with E-state index < -0.39 is 0 Å². The Kier molecular flexibility index (Phi) is 8.05. The van der Waals surface area contributed by atoms with Crippen LogP contribution in [0.15, 0.2) is 60.9 Å². The van der Waals surface area contributed by atoms with Gasteiger partial charge in [-0.15, -0.1) is 0 Å². The number of carbonyl (C=O) groups is 2. The van der Waals surface area contributed by atoms with Crippen molar-refractivity contribution >= 4 is 46.5 Å². The summed E-state index contributed by atoms with van der Waals surface area (Å²) >= 11 is 12.3. The van der Waals surface area contributed by atoms with Gasteiger partial charge in [0.05, 0.1) is 16.8 Å². The van der Waals surface area contributed by atoms with Crippen LogP contribution in [0.3, 0.4) is 0 Å². The maximum atomic E-state index is 13.5. The van der Waals surface area contributed by atoms with E-state index in [2.05, 4.69) is 20.5 Å². The van der Waals surface area contributed by atoms with Crippen LogP contribution in [0, 0.1) is 0 Å². The summed E-state index contributed by atoms with van der Waals surface area (Å²) in [6.07, 6.45) is 8.12. The molecule has 0 bridgehead atoms. The molecule has 1 atom stereocenters. The highest BCUT2D eigenvalue weighted by Gasteiger charge is 2.28. The summed E-state index contributed by atoms with van der Waals surface area (Å²) in [6.45, 7) is 1.79. The second-order valence-electron chi connectivity index (χ2n) is 9.92. The molecule has 1 aromatic heterocycles. The number of carbonyl (C=O) groups excluding carboxylic acids is 2. The molecule has 1 saturated heterocycles. The van der Waals surface area contributed by atoms with E-state index in [1.165, 1.54) is 5.69 Å². The standard InChI is InChI=1S/C29H31Cl2N5O2/c1-35(22-11-15-36(16-12-22)23-9-13-32-14-10-23)28(37)20-6-5-19-3-2-4-26(24(19)17-20)33-29(38)34-27-18-21(30)7-8-25(27)31/h5-10,13-14,17-18,22,26H,2-4,11-12,15-16H2,1H3,(H2,33,34,38). The number of halogens is 2. The van der Waals surface area contributed by atoms with Crippen LogP contribution in [0.1, 0.15) is 53.2 Å². The van der Waals surface area contributed by atoms with Gasteiger partial charge in [0.25, 0.3) is 5.91 Å². The Morgan fingerprint density at radius 3 is 2.53 bits per heavy atom. The number of aromatic nitrogens is 1. The number of piperidine rings is 1. The zero-order valence-corrected chi connectivity index (χ0v) is 22.8. The average molecular weight is 553 g/mol. The predicted molar refractivity (Wildman–Crippen MR) is 152 cm³/mol. The van der Waals surface area contributed by atoms with Crippen LogP contribution in [0.25, 0.3) is 0 Å². The Labute approximate surface area is 233 Å². The topological polar surface area (TPSA) is 77.6 Å². The third-order valence-corrected chi connectivity index (χ3v) is 8.11. The number of rotatable bonds is 5. The van der Waals surface area contributed by atoms with Gasteiger partial charge in [-0.05, 0) is 85.7 Å². The van der Waals surface area contributed by atoms with Gasteiger partial charge in [0.15, 0.2) is 0 Å². The van der Waals surface area contributed by atoms with Crippen LogP contribution in [0.4, 0.5) is 16.2 Å². The van der Waals surface area contributed by atoms with Gasteiger partial charge in [-0.25, -0.2) is 4.79 Å². The first kappa shape index (κ1) is 26.3. The van der Waals surface area contributed by atoms with Gasteiger partial charge >= 0.3 is 6.03 Å². The highest BCUT2D eigenvalue weighted by Crippen LogP contribution is 2.32. The second kappa shape index (κ2) is 11.6. The molecule has 1 fully saturated rings. The molecule has 2 aliphatic rings. The maximum Gasteiger partial charge on any atom is 0.319 e. The summed E-state index contributed by atoms with van der Waals surface area (Å²) in [6, 6.07) is 14.5. The lowest BCUT2D eigenvalue weighted by molar-refractivity contribution is 0.0709. The molecule has 3 amide bonds. The molecular weight excluding hydrogens is 521 g/mol. The van der Waals surface area contributed by atoms with Crippen LogP contribution < -0.4 is 15.5 Å². The molecular formula is C29H31Cl2N5O2. The smallest absolute Gasteiger partial charge is 0.319 e. The molecule has 198 valence electrons. The van der Waals surface area contributed by atoms with Crippen LogP contribution in [-0.2, 0) is 6.42 Å². The highest BCUT2D eigenvalue weighted by molar-refractivity contribution is 6.35. The molecule has 2 aromatic carbocycles. The molecule has 0 spiro atoms. The van der Waals surface area contributed by atoms with E-state index in [1.54, 1.807) is 18.2 Å². The quantitative estimate of drug-likeness (QED) is 0.388. The molecule has 5 rings (SSSR count). The number of pyridine rings is 1. The first-order valence-electron chi connectivity index (χ1n) is 13.0. The average Bonchev–Trinajstić information content (AvgIpc) is 2.95. The summed E-state index contributed by atoms with van der Waals surface area (Å²) in [5.74, 6) is 0.00893. The normalized spacial score (nSPS) is 17.4. The third kappa shape index (κ3) is 5.89. The number of nitrogens with one attached hydrogen (secondary N) is 2. The molecule has 7 nitrogen and oxygen atoms in total. The van der Waals surface area contributed by atoms with Gasteiger partial charge in [0, 0.05) is 54.8 Å². The zero-order valence-electron chi connectivity index (χ0n) is 21.3. The minimum Gasteiger partial charge on any atom is -0.371 e. The molecule has 9 heteroatoms. The SMILES string of the molecule is CN(C(=O)c1ccc2c(c1)C(NC(=O)Nc1cc(Cl)ccc1Cl)CCC2)C1CCN(c2ccncc2)CC1. The van der Waals surface area contributed by atoms with Crippen LogP contribution in [0.5, 0.6) is 0 Å². The summed E-state index contributed by atoms with van der Waals surface area (Å²) < 4.78 is 0. The first-order valence-corrected chi connectivity index (χ1v) is 13.7. The number of aryl methyl sites for hydroxylation is 1. The lowest BCUT2D eigenvalue weighted by atomic mass is 9.86. The number of benzene rings is 2. The van der Waals surface area contributed by atoms with Crippen molar-refractivity contribution < 1.29 is 9.59 Å². The van der Waals surface area contributed by atoms with Crippen molar-refractivity contribution in [2.24, 2.45) is 0 Å². The van der Waals surface area contributed by atoms with Gasteiger partial charge in [-0.2, -0.15) is 0 Å². The minimum atomic E-state index is -0.359. The van der Waals surface area contributed by atoms with E-state index in [0.29, 0.717) is 21.3 Å². The van der Waals surface area contributed by atoms with Crippen LogP contribution in [-0.4, -0.2) is 48.0 Å². The van der Waals surface area contributed by atoms with Crippen LogP contribution in [0.2, 0.25) is 10.0 Å².